The predicted molar refractivity (Wildman–Crippen MR) is 81.5 cm³/mol. The highest BCUT2D eigenvalue weighted by Gasteiger charge is 2.18. The zero-order valence-electron chi connectivity index (χ0n) is 11.6. The summed E-state index contributed by atoms with van der Waals surface area (Å²) in [6.07, 6.45) is 0. The van der Waals surface area contributed by atoms with E-state index in [1.165, 1.54) is 23.5 Å². The highest BCUT2D eigenvalue weighted by Crippen LogP contribution is 2.36. The maximum atomic E-state index is 11.8. The molecular formula is C14H14N2O4S. The summed E-state index contributed by atoms with van der Waals surface area (Å²) in [5, 5.41) is 10.7. The topological polar surface area (TPSA) is 95.5 Å². The number of ether oxygens (including phenoxy) is 1. The summed E-state index contributed by atoms with van der Waals surface area (Å²) in [7, 11) is 0. The number of nitro groups is 1. The zero-order valence-corrected chi connectivity index (χ0v) is 12.4. The van der Waals surface area contributed by atoms with Gasteiger partial charge in [0.1, 0.15) is 4.88 Å². The van der Waals surface area contributed by atoms with Crippen molar-refractivity contribution in [2.45, 2.75) is 13.8 Å². The lowest BCUT2D eigenvalue weighted by atomic mass is 10.1. The summed E-state index contributed by atoms with van der Waals surface area (Å²) in [6, 6.07) is 6.27. The Balaban J connectivity index is 2.41. The minimum Gasteiger partial charge on any atom is -0.462 e. The number of anilines is 1. The molecule has 110 valence electrons. The van der Waals surface area contributed by atoms with Gasteiger partial charge in [-0.25, -0.2) is 4.79 Å². The van der Waals surface area contributed by atoms with E-state index in [9.17, 15) is 14.9 Å². The molecule has 0 bridgehead atoms. The molecule has 0 amide bonds. The number of non-ortho nitro benzene ring substituents is 1. The van der Waals surface area contributed by atoms with Gasteiger partial charge in [-0.2, -0.15) is 0 Å². The van der Waals surface area contributed by atoms with Crippen LogP contribution in [-0.4, -0.2) is 17.5 Å². The number of nitrogen functional groups attached to an aromatic ring is 1. The summed E-state index contributed by atoms with van der Waals surface area (Å²) >= 11 is 1.22. The van der Waals surface area contributed by atoms with Gasteiger partial charge < -0.3 is 10.5 Å². The van der Waals surface area contributed by atoms with Crippen LogP contribution in [0.25, 0.3) is 10.4 Å². The number of hydrogen-bond acceptors (Lipinski definition) is 6. The maximum Gasteiger partial charge on any atom is 0.350 e. The van der Waals surface area contributed by atoms with Gasteiger partial charge in [-0.15, -0.1) is 11.3 Å². The van der Waals surface area contributed by atoms with Crippen LogP contribution < -0.4 is 5.73 Å². The zero-order chi connectivity index (χ0) is 15.6. The van der Waals surface area contributed by atoms with Gasteiger partial charge in [-0.3, -0.25) is 10.1 Å². The molecule has 6 nitrogen and oxygen atoms in total. The van der Waals surface area contributed by atoms with Crippen molar-refractivity contribution in [3.05, 3.63) is 44.8 Å². The summed E-state index contributed by atoms with van der Waals surface area (Å²) < 4.78 is 4.94. The number of nitro benzene ring substituents is 1. The van der Waals surface area contributed by atoms with E-state index < -0.39 is 10.9 Å². The number of nitrogens with zero attached hydrogens (tertiary/aromatic N) is 1. The van der Waals surface area contributed by atoms with Gasteiger partial charge in [-0.1, -0.05) is 0 Å². The Labute approximate surface area is 125 Å². The molecule has 1 heterocycles. The summed E-state index contributed by atoms with van der Waals surface area (Å²) in [6.45, 7) is 3.79. The SMILES string of the molecule is CCOC(=O)c1sc(-c2ccc([N+](=O)[O-])cc2C)cc1N. The van der Waals surface area contributed by atoms with Crippen molar-refractivity contribution < 1.29 is 14.5 Å². The highest BCUT2D eigenvalue weighted by molar-refractivity contribution is 7.18. The van der Waals surface area contributed by atoms with E-state index in [0.29, 0.717) is 10.6 Å². The van der Waals surface area contributed by atoms with E-state index in [0.717, 1.165) is 16.0 Å². The lowest BCUT2D eigenvalue weighted by Gasteiger charge is -2.02. The lowest BCUT2D eigenvalue weighted by molar-refractivity contribution is -0.384. The maximum absolute atomic E-state index is 11.8. The Morgan fingerprint density at radius 1 is 1.43 bits per heavy atom. The molecule has 0 aliphatic heterocycles. The van der Waals surface area contributed by atoms with E-state index in [4.69, 9.17) is 10.5 Å². The van der Waals surface area contributed by atoms with Gasteiger partial charge in [0.25, 0.3) is 5.69 Å². The van der Waals surface area contributed by atoms with Gasteiger partial charge in [-0.05, 0) is 37.1 Å². The summed E-state index contributed by atoms with van der Waals surface area (Å²) in [5.41, 5.74) is 7.79. The number of hydrogen-bond donors (Lipinski definition) is 1. The second-order valence-corrected chi connectivity index (χ2v) is 5.42. The third-order valence-electron chi connectivity index (χ3n) is 2.91. The number of nitrogens with two attached hydrogens (primary N) is 1. The molecule has 0 saturated carbocycles. The van der Waals surface area contributed by atoms with Crippen LogP contribution in [0, 0.1) is 17.0 Å². The average Bonchev–Trinajstić information content (AvgIpc) is 2.80. The predicted octanol–water partition coefficient (Wildman–Crippen LogP) is 3.39. The Morgan fingerprint density at radius 2 is 2.14 bits per heavy atom. The molecule has 0 radical (unpaired) electrons. The Kier molecular flexibility index (Phi) is 4.23. The van der Waals surface area contributed by atoms with Crippen molar-refractivity contribution >= 4 is 28.7 Å². The molecule has 2 rings (SSSR count). The number of benzene rings is 1. The molecule has 0 aliphatic rings. The van der Waals surface area contributed by atoms with Crippen LogP contribution in [0.1, 0.15) is 22.2 Å². The monoisotopic (exact) mass is 306 g/mol. The number of carbonyl (C=O) groups excluding carboxylic acids is 1. The van der Waals surface area contributed by atoms with Crippen molar-refractivity contribution in [1.29, 1.82) is 0 Å². The van der Waals surface area contributed by atoms with Crippen LogP contribution in [-0.2, 0) is 4.74 Å². The molecule has 0 atom stereocenters. The fraction of sp³-hybridized carbons (Fsp3) is 0.214. The molecule has 0 unspecified atom stereocenters. The van der Waals surface area contributed by atoms with E-state index in [1.807, 2.05) is 0 Å². The molecule has 2 N–H and O–H groups in total. The fourth-order valence-corrected chi connectivity index (χ4v) is 3.00. The second kappa shape index (κ2) is 5.92. The lowest BCUT2D eigenvalue weighted by Crippen LogP contribution is -2.04. The molecular weight excluding hydrogens is 292 g/mol. The Morgan fingerprint density at radius 3 is 2.71 bits per heavy atom. The van der Waals surface area contributed by atoms with Crippen LogP contribution in [0.4, 0.5) is 11.4 Å². The first-order chi connectivity index (χ1) is 9.93. The third kappa shape index (κ3) is 3.03. The number of rotatable bonds is 4. The first-order valence-corrected chi connectivity index (χ1v) is 7.07. The highest BCUT2D eigenvalue weighted by atomic mass is 32.1. The number of thiophene rings is 1. The van der Waals surface area contributed by atoms with Crippen LogP contribution in [0.15, 0.2) is 24.3 Å². The number of carbonyl (C=O) groups is 1. The molecule has 0 aliphatic carbocycles. The van der Waals surface area contributed by atoms with Crippen LogP contribution in [0.3, 0.4) is 0 Å². The molecule has 21 heavy (non-hydrogen) atoms. The summed E-state index contributed by atoms with van der Waals surface area (Å²) in [4.78, 5) is 23.2. The van der Waals surface area contributed by atoms with Gasteiger partial charge in [0, 0.05) is 17.0 Å². The largest absolute Gasteiger partial charge is 0.462 e. The standard InChI is InChI=1S/C14H14N2O4S/c1-3-20-14(17)13-11(15)7-12(21-13)10-5-4-9(16(18)19)6-8(10)2/h4-7H,3,15H2,1-2H3. The van der Waals surface area contributed by atoms with Crippen LogP contribution in [0.2, 0.25) is 0 Å². The summed E-state index contributed by atoms with van der Waals surface area (Å²) in [5.74, 6) is -0.453. The smallest absolute Gasteiger partial charge is 0.350 e. The van der Waals surface area contributed by atoms with Crippen LogP contribution >= 0.6 is 11.3 Å². The normalized spacial score (nSPS) is 10.4. The van der Waals surface area contributed by atoms with Crippen LogP contribution in [0.5, 0.6) is 0 Å². The van der Waals surface area contributed by atoms with Crippen molar-refractivity contribution in [2.24, 2.45) is 0 Å². The van der Waals surface area contributed by atoms with Gasteiger partial charge in [0.15, 0.2) is 0 Å². The second-order valence-electron chi connectivity index (χ2n) is 4.37. The minimum absolute atomic E-state index is 0.0337. The van der Waals surface area contributed by atoms with Crippen molar-refractivity contribution in [3.8, 4) is 10.4 Å². The van der Waals surface area contributed by atoms with E-state index in [2.05, 4.69) is 0 Å². The molecule has 0 saturated heterocycles. The number of esters is 1. The first kappa shape index (κ1) is 15.0. The van der Waals surface area contributed by atoms with Gasteiger partial charge in [0.2, 0.25) is 0 Å². The molecule has 2 aromatic rings. The molecule has 0 fully saturated rings. The quantitative estimate of drug-likeness (QED) is 0.530. The molecule has 1 aromatic heterocycles. The van der Waals surface area contributed by atoms with Crippen molar-refractivity contribution in [2.75, 3.05) is 12.3 Å². The fourth-order valence-electron chi connectivity index (χ4n) is 1.93. The van der Waals surface area contributed by atoms with E-state index in [-0.39, 0.29) is 12.3 Å². The molecule has 1 aromatic carbocycles. The Bertz CT molecular complexity index is 709. The third-order valence-corrected chi connectivity index (χ3v) is 4.07. The average molecular weight is 306 g/mol. The minimum atomic E-state index is -0.453. The van der Waals surface area contributed by atoms with Crippen molar-refractivity contribution in [3.63, 3.8) is 0 Å². The number of aryl methyl sites for hydroxylation is 1. The van der Waals surface area contributed by atoms with E-state index in [1.54, 1.807) is 26.0 Å². The van der Waals surface area contributed by atoms with Crippen molar-refractivity contribution in [1.82, 2.24) is 0 Å². The van der Waals surface area contributed by atoms with Gasteiger partial charge in [0.05, 0.1) is 17.2 Å². The molecule has 7 heteroatoms. The first-order valence-electron chi connectivity index (χ1n) is 6.26. The Hall–Kier alpha value is -2.41. The van der Waals surface area contributed by atoms with E-state index >= 15 is 0 Å². The molecule has 0 spiro atoms. The van der Waals surface area contributed by atoms with Gasteiger partial charge >= 0.3 is 5.97 Å².